The topological polar surface area (TPSA) is 43.8 Å². The first-order valence-electron chi connectivity index (χ1n) is 6.34. The number of aromatic carboxylic acids is 1. The summed E-state index contributed by atoms with van der Waals surface area (Å²) in [6.07, 6.45) is 0. The predicted molar refractivity (Wildman–Crippen MR) is 77.3 cm³/mol. The molecule has 4 nitrogen and oxygen atoms in total. The average Bonchev–Trinajstić information content (AvgIpc) is 2.70. The normalized spacial score (nSPS) is 23.1. The molecule has 1 N–H and O–H groups in total. The van der Waals surface area contributed by atoms with Crippen molar-refractivity contribution >= 4 is 23.3 Å². The van der Waals surface area contributed by atoms with Gasteiger partial charge in [0, 0.05) is 24.8 Å². The fourth-order valence-corrected chi connectivity index (χ4v) is 2.96. The lowest BCUT2D eigenvalue weighted by atomic mass is 10.1. The molecule has 2 atom stereocenters. The molecule has 0 aromatic heterocycles. The van der Waals surface area contributed by atoms with Gasteiger partial charge in [-0.05, 0) is 38.2 Å². The van der Waals surface area contributed by atoms with Crippen LogP contribution in [0.3, 0.4) is 0 Å². The monoisotopic (exact) mass is 282 g/mol. The lowest BCUT2D eigenvalue weighted by Crippen LogP contribution is -2.34. The van der Waals surface area contributed by atoms with E-state index in [0.717, 1.165) is 18.8 Å². The minimum Gasteiger partial charge on any atom is -0.478 e. The molecule has 1 fully saturated rings. The molecule has 0 spiro atoms. The smallest absolute Gasteiger partial charge is 0.337 e. The Labute approximate surface area is 118 Å². The van der Waals surface area contributed by atoms with Crippen molar-refractivity contribution in [1.29, 1.82) is 0 Å². The van der Waals surface area contributed by atoms with Gasteiger partial charge in [0.2, 0.25) is 0 Å². The van der Waals surface area contributed by atoms with Gasteiger partial charge in [-0.1, -0.05) is 18.5 Å². The molecule has 19 heavy (non-hydrogen) atoms. The molecule has 2 rings (SSSR count). The third-order valence-corrected chi connectivity index (χ3v) is 4.10. The number of likely N-dealkylation sites (N-methyl/N-ethyl adjacent to an activating group) is 1. The van der Waals surface area contributed by atoms with Gasteiger partial charge < -0.3 is 14.9 Å². The van der Waals surface area contributed by atoms with Gasteiger partial charge in [0.05, 0.1) is 10.6 Å². The van der Waals surface area contributed by atoms with Crippen LogP contribution in [0.25, 0.3) is 0 Å². The standard InChI is InChI=1S/C14H19ClN2O2/c1-9-7-17(8-13(9)16(2)3)10-4-5-11(14(18)19)12(15)6-10/h4-6,9,13H,7-8H2,1-3H3,(H,18,19). The van der Waals surface area contributed by atoms with Crippen LogP contribution in [-0.2, 0) is 0 Å². The van der Waals surface area contributed by atoms with Crippen LogP contribution in [0, 0.1) is 5.92 Å². The molecule has 0 radical (unpaired) electrons. The minimum atomic E-state index is -0.988. The molecule has 1 aromatic carbocycles. The third kappa shape index (κ3) is 2.85. The van der Waals surface area contributed by atoms with E-state index in [9.17, 15) is 4.79 Å². The van der Waals surface area contributed by atoms with Crippen LogP contribution >= 0.6 is 11.6 Å². The van der Waals surface area contributed by atoms with Crippen molar-refractivity contribution in [2.24, 2.45) is 5.92 Å². The Balaban J connectivity index is 2.20. The number of halogens is 1. The molecule has 0 saturated carbocycles. The maximum atomic E-state index is 10.9. The number of hydrogen-bond acceptors (Lipinski definition) is 3. The molecule has 0 amide bonds. The summed E-state index contributed by atoms with van der Waals surface area (Å²) < 4.78 is 0. The van der Waals surface area contributed by atoms with Crippen molar-refractivity contribution in [1.82, 2.24) is 4.90 Å². The second kappa shape index (κ2) is 5.39. The largest absolute Gasteiger partial charge is 0.478 e. The Kier molecular flexibility index (Phi) is 4.02. The summed E-state index contributed by atoms with van der Waals surface area (Å²) in [4.78, 5) is 15.4. The molecule has 1 aliphatic rings. The number of carboxylic acids is 1. The van der Waals surface area contributed by atoms with E-state index in [2.05, 4.69) is 30.8 Å². The Morgan fingerprint density at radius 2 is 2.11 bits per heavy atom. The molecule has 1 aromatic rings. The lowest BCUT2D eigenvalue weighted by molar-refractivity contribution is 0.0697. The number of rotatable bonds is 3. The van der Waals surface area contributed by atoms with Gasteiger partial charge >= 0.3 is 5.97 Å². The molecule has 1 heterocycles. The summed E-state index contributed by atoms with van der Waals surface area (Å²) >= 11 is 6.02. The Bertz CT molecular complexity index is 490. The number of carboxylic acid groups (broad SMARTS) is 1. The molecule has 5 heteroatoms. The van der Waals surface area contributed by atoms with Gasteiger partial charge in [0.25, 0.3) is 0 Å². The van der Waals surface area contributed by atoms with E-state index in [1.165, 1.54) is 0 Å². The van der Waals surface area contributed by atoms with Gasteiger partial charge in [0.1, 0.15) is 0 Å². The quantitative estimate of drug-likeness (QED) is 0.925. The van der Waals surface area contributed by atoms with E-state index in [1.54, 1.807) is 12.1 Å². The van der Waals surface area contributed by atoms with Crippen molar-refractivity contribution in [3.05, 3.63) is 28.8 Å². The van der Waals surface area contributed by atoms with E-state index in [0.29, 0.717) is 17.0 Å². The molecule has 0 bridgehead atoms. The van der Waals surface area contributed by atoms with Crippen molar-refractivity contribution in [2.45, 2.75) is 13.0 Å². The summed E-state index contributed by atoms with van der Waals surface area (Å²) in [7, 11) is 4.18. The van der Waals surface area contributed by atoms with Gasteiger partial charge in [0.15, 0.2) is 0 Å². The summed E-state index contributed by atoms with van der Waals surface area (Å²) in [5.41, 5.74) is 1.15. The number of hydrogen-bond donors (Lipinski definition) is 1. The van der Waals surface area contributed by atoms with Crippen LogP contribution in [-0.4, -0.2) is 49.2 Å². The molecule has 2 unspecified atom stereocenters. The fourth-order valence-electron chi connectivity index (χ4n) is 2.71. The van der Waals surface area contributed by atoms with E-state index >= 15 is 0 Å². The highest BCUT2D eigenvalue weighted by atomic mass is 35.5. The van der Waals surface area contributed by atoms with Crippen LogP contribution in [0.2, 0.25) is 5.02 Å². The van der Waals surface area contributed by atoms with E-state index < -0.39 is 5.97 Å². The Morgan fingerprint density at radius 3 is 2.58 bits per heavy atom. The van der Waals surface area contributed by atoms with E-state index in [-0.39, 0.29) is 5.56 Å². The molecule has 1 saturated heterocycles. The van der Waals surface area contributed by atoms with Crippen molar-refractivity contribution in [3.8, 4) is 0 Å². The molecule has 0 aliphatic carbocycles. The maximum absolute atomic E-state index is 10.9. The molecule has 104 valence electrons. The van der Waals surface area contributed by atoms with Crippen molar-refractivity contribution < 1.29 is 9.90 Å². The average molecular weight is 283 g/mol. The molecular formula is C14H19ClN2O2. The molecule has 1 aliphatic heterocycles. The fraction of sp³-hybridized carbons (Fsp3) is 0.500. The Morgan fingerprint density at radius 1 is 1.42 bits per heavy atom. The predicted octanol–water partition coefficient (Wildman–Crippen LogP) is 2.42. The van der Waals surface area contributed by atoms with Crippen molar-refractivity contribution in [3.63, 3.8) is 0 Å². The number of carbonyl (C=O) groups is 1. The zero-order valence-electron chi connectivity index (χ0n) is 11.4. The van der Waals surface area contributed by atoms with Crippen LogP contribution in [0.15, 0.2) is 18.2 Å². The number of benzene rings is 1. The zero-order valence-corrected chi connectivity index (χ0v) is 12.2. The first-order valence-corrected chi connectivity index (χ1v) is 6.72. The summed E-state index contributed by atoms with van der Waals surface area (Å²) in [5.74, 6) is -0.412. The van der Waals surface area contributed by atoms with Crippen LogP contribution in [0.5, 0.6) is 0 Å². The first-order chi connectivity index (χ1) is 8.90. The zero-order chi connectivity index (χ0) is 14.2. The van der Waals surface area contributed by atoms with Gasteiger partial charge in [-0.2, -0.15) is 0 Å². The van der Waals surface area contributed by atoms with Gasteiger partial charge in [-0.15, -0.1) is 0 Å². The second-order valence-corrected chi connectivity index (χ2v) is 5.79. The van der Waals surface area contributed by atoms with Crippen molar-refractivity contribution in [2.75, 3.05) is 32.1 Å². The molecular weight excluding hydrogens is 264 g/mol. The van der Waals surface area contributed by atoms with Gasteiger partial charge in [-0.3, -0.25) is 0 Å². The Hall–Kier alpha value is -1.26. The van der Waals surface area contributed by atoms with Gasteiger partial charge in [-0.25, -0.2) is 4.79 Å². The van der Waals surface area contributed by atoms with Crippen LogP contribution in [0.1, 0.15) is 17.3 Å². The van der Waals surface area contributed by atoms with E-state index in [1.807, 2.05) is 6.07 Å². The summed E-state index contributed by atoms with van der Waals surface area (Å²) in [5, 5.41) is 9.27. The van der Waals surface area contributed by atoms with Crippen LogP contribution < -0.4 is 4.90 Å². The highest BCUT2D eigenvalue weighted by molar-refractivity contribution is 6.33. The number of nitrogens with zero attached hydrogens (tertiary/aromatic N) is 2. The summed E-state index contributed by atoms with van der Waals surface area (Å²) in [6.45, 7) is 4.14. The second-order valence-electron chi connectivity index (χ2n) is 5.38. The maximum Gasteiger partial charge on any atom is 0.337 e. The summed E-state index contributed by atoms with van der Waals surface area (Å²) in [6, 6.07) is 5.67. The van der Waals surface area contributed by atoms with E-state index in [4.69, 9.17) is 16.7 Å². The highest BCUT2D eigenvalue weighted by Crippen LogP contribution is 2.29. The third-order valence-electron chi connectivity index (χ3n) is 3.78. The number of anilines is 1. The minimum absolute atomic E-state index is 0.154. The van der Waals surface area contributed by atoms with Crippen LogP contribution in [0.4, 0.5) is 5.69 Å². The lowest BCUT2D eigenvalue weighted by Gasteiger charge is -2.23. The first kappa shape index (κ1) is 14.2. The highest BCUT2D eigenvalue weighted by Gasteiger charge is 2.31. The SMILES string of the molecule is CC1CN(c2ccc(C(=O)O)c(Cl)c2)CC1N(C)C.